The van der Waals surface area contributed by atoms with Crippen molar-refractivity contribution in [2.75, 3.05) is 14.2 Å². The molecule has 18 rings (SSSR count). The van der Waals surface area contributed by atoms with Crippen molar-refractivity contribution in [2.24, 2.45) is 0 Å². The van der Waals surface area contributed by atoms with E-state index in [0.29, 0.717) is 72.4 Å². The van der Waals surface area contributed by atoms with E-state index >= 15 is 0 Å². The van der Waals surface area contributed by atoms with Gasteiger partial charge in [0.25, 0.3) is 0 Å². The lowest BCUT2D eigenvalue weighted by atomic mass is 10.0. The Bertz CT molecular complexity index is 7510. The van der Waals surface area contributed by atoms with Crippen molar-refractivity contribution in [2.45, 2.75) is 40.0 Å². The molecule has 34 heteroatoms. The first-order valence-corrected chi connectivity index (χ1v) is 41.5. The molecule has 0 fully saturated rings. The Morgan fingerprint density at radius 1 is 0.324 bits per heavy atom. The van der Waals surface area contributed by atoms with Gasteiger partial charge in [0.15, 0.2) is 69.9 Å². The average molecular weight is 1870 g/mol. The molecule has 13 aromatic carbocycles. The highest BCUT2D eigenvalue weighted by atomic mass is 35.5. The summed E-state index contributed by atoms with van der Waals surface area (Å²) in [5, 5.41) is 94.5. The number of alkyl halides is 6. The number of esters is 2. The van der Waals surface area contributed by atoms with Crippen molar-refractivity contribution in [3.63, 3.8) is 0 Å². The number of ether oxygens (including phenoxy) is 2. The van der Waals surface area contributed by atoms with Gasteiger partial charge in [-0.1, -0.05) is 126 Å². The van der Waals surface area contributed by atoms with Crippen molar-refractivity contribution in [1.82, 2.24) is 64.8 Å². The van der Waals surface area contributed by atoms with Crippen LogP contribution >= 0.6 is 23.2 Å². The number of fused-ring (bicyclic) bond motifs is 2. The van der Waals surface area contributed by atoms with Crippen molar-refractivity contribution in [3.05, 3.63) is 327 Å². The van der Waals surface area contributed by atoms with E-state index in [1.54, 1.807) is 184 Å². The molecule has 26 nitrogen and oxygen atoms in total. The third-order valence-corrected chi connectivity index (χ3v) is 21.6. The van der Waals surface area contributed by atoms with Gasteiger partial charge in [0.05, 0.1) is 108 Å². The van der Waals surface area contributed by atoms with E-state index < -0.39 is 45.5 Å². The van der Waals surface area contributed by atoms with E-state index in [-0.39, 0.29) is 143 Å². The molecule has 0 radical (unpaired) electrons. The van der Waals surface area contributed by atoms with E-state index in [1.807, 2.05) is 56.3 Å². The van der Waals surface area contributed by atoms with Crippen LogP contribution in [-0.2, 0) is 21.8 Å². The molecule has 18 aromatic rings. The van der Waals surface area contributed by atoms with Crippen LogP contribution in [0.3, 0.4) is 0 Å². The minimum Gasteiger partial charge on any atom is -0.507 e. The number of benzene rings is 13. The van der Waals surface area contributed by atoms with Crippen molar-refractivity contribution < 1.29 is 86.3 Å². The van der Waals surface area contributed by atoms with Crippen LogP contribution in [0, 0.1) is 39.0 Å². The van der Waals surface area contributed by atoms with Gasteiger partial charge in [-0.2, -0.15) is 31.6 Å². The molecule has 0 saturated heterocycles. The summed E-state index contributed by atoms with van der Waals surface area (Å²) in [7, 11) is 2.64. The van der Waals surface area contributed by atoms with Crippen LogP contribution in [0.25, 0.3) is 158 Å². The number of pyridine rings is 1. The van der Waals surface area contributed by atoms with Crippen LogP contribution in [0.2, 0.25) is 10.0 Å². The number of nitrogens with zero attached hydrogens (tertiary/aromatic N) is 14. The van der Waals surface area contributed by atoms with Crippen LogP contribution in [0.5, 0.6) is 46.0 Å². The molecule has 0 saturated carbocycles. The van der Waals surface area contributed by atoms with E-state index in [9.17, 15) is 76.8 Å². The topological polar surface area (TPSA) is 406 Å². The van der Waals surface area contributed by atoms with Crippen molar-refractivity contribution in [1.29, 1.82) is 5.26 Å². The number of aryl methyl sites for hydroxylation is 4. The quantitative estimate of drug-likeness (QED) is 0.0370. The largest absolute Gasteiger partial charge is 0.507 e. The molecule has 0 spiro atoms. The fraction of sp³-hybridized carbons (Fsp3) is 0.0784. The highest BCUT2D eigenvalue weighted by Crippen LogP contribution is 2.46. The number of aromatic hydroxyl groups is 8. The van der Waals surface area contributed by atoms with E-state index in [2.05, 4.69) is 64.8 Å². The van der Waals surface area contributed by atoms with Gasteiger partial charge in [0.2, 0.25) is 0 Å². The normalized spacial score (nSPS) is 11.2. The predicted molar refractivity (Wildman–Crippen MR) is 497 cm³/mol. The van der Waals surface area contributed by atoms with Gasteiger partial charge in [-0.05, 0) is 213 Å². The highest BCUT2D eigenvalue weighted by molar-refractivity contribution is 6.36. The summed E-state index contributed by atoms with van der Waals surface area (Å²) in [4.78, 5) is 81.2. The Balaban J connectivity index is 0.000000138. The monoisotopic (exact) mass is 1870 g/mol. The van der Waals surface area contributed by atoms with Gasteiger partial charge in [-0.15, -0.1) is 0 Å². The summed E-state index contributed by atoms with van der Waals surface area (Å²) in [6.45, 7) is 7.31. The number of phenolic OH excluding ortho intramolecular Hbond substituents is 8. The second kappa shape index (κ2) is 39.3. The number of rotatable bonds is 14. The molecule has 136 heavy (non-hydrogen) atoms. The number of phenols is 8. The summed E-state index contributed by atoms with van der Waals surface area (Å²) in [5.74, 6) is -0.146. The number of hydrogen-bond donors (Lipinski definition) is 8. The molecular formula is C102H70Cl2F6N14O12. The molecule has 8 N–H and O–H groups in total. The number of halogens is 8. The summed E-state index contributed by atoms with van der Waals surface area (Å²) < 4.78 is 90.8. The van der Waals surface area contributed by atoms with Gasteiger partial charge >= 0.3 is 24.3 Å². The fourth-order valence-corrected chi connectivity index (χ4v) is 14.8. The number of nitriles is 1. The Morgan fingerprint density at radius 3 is 1.02 bits per heavy atom. The first-order valence-electron chi connectivity index (χ1n) is 40.8. The molecule has 0 unspecified atom stereocenters. The van der Waals surface area contributed by atoms with Crippen LogP contribution in [0.1, 0.15) is 59.7 Å². The summed E-state index contributed by atoms with van der Waals surface area (Å²) in [6.07, 6.45) is -7.87. The third-order valence-electron chi connectivity index (χ3n) is 21.0. The lowest BCUT2D eigenvalue weighted by Crippen LogP contribution is -2.10. The Kier molecular flexibility index (Phi) is 27.0. The number of aromatic nitrogens is 13. The summed E-state index contributed by atoms with van der Waals surface area (Å²) >= 11 is 11.8. The van der Waals surface area contributed by atoms with Crippen LogP contribution < -0.4 is 0 Å². The molecule has 0 aliphatic carbocycles. The molecule has 0 bridgehead atoms. The van der Waals surface area contributed by atoms with Gasteiger partial charge < -0.3 is 50.3 Å². The summed E-state index contributed by atoms with van der Waals surface area (Å²) in [6, 6.07) is 70.7. The van der Waals surface area contributed by atoms with Gasteiger partial charge in [0, 0.05) is 39.2 Å². The Morgan fingerprint density at radius 2 is 0.647 bits per heavy atom. The molecule has 0 amide bonds. The third kappa shape index (κ3) is 20.5. The van der Waals surface area contributed by atoms with Crippen LogP contribution in [0.15, 0.2) is 267 Å². The lowest BCUT2D eigenvalue weighted by molar-refractivity contribution is -0.138. The molecular weight excluding hydrogens is 1800 g/mol. The van der Waals surface area contributed by atoms with Crippen molar-refractivity contribution >= 4 is 56.8 Å². The highest BCUT2D eigenvalue weighted by Gasteiger charge is 2.38. The Hall–Kier alpha value is -17.4. The SMILES string of the molecule is COC(=O)c1ccc(-c2nc(-c3ccc(C)cc3O)nc(-c3ccc4ccccc4c3O)n2)cc1.COC(=O)c1ccc(-c2nc(-c3ccc(C)cc3O)nc(-c3ccc4ncccc4c3O)n2)cc1.Cc1ccc(-c2nc(-c3cc(Cl)c(C(F)(F)F)c(Cl)c3)nc(-c3ccccc3O)n2)c(O)c1.Cc1ccc(-c2nc(-c3ccccc3O)nc(-c3ccc(C#N)cc3C(F)(F)F)n2)c(O)c1. The Labute approximate surface area is 778 Å². The van der Waals surface area contributed by atoms with E-state index in [1.165, 1.54) is 50.6 Å². The number of methoxy groups -OCH3 is 2. The zero-order valence-corrected chi connectivity index (χ0v) is 73.4. The fourth-order valence-electron chi connectivity index (χ4n) is 14.1. The zero-order chi connectivity index (χ0) is 96.7. The van der Waals surface area contributed by atoms with Crippen LogP contribution in [0.4, 0.5) is 26.3 Å². The second-order valence-corrected chi connectivity index (χ2v) is 31.2. The first-order chi connectivity index (χ1) is 65.1. The minimum atomic E-state index is -4.78. The smallest absolute Gasteiger partial charge is 0.419 e. The number of carbonyl (C=O) groups is 2. The predicted octanol–water partition coefficient (Wildman–Crippen LogP) is 22.9. The summed E-state index contributed by atoms with van der Waals surface area (Å²) in [5.41, 5.74) is 5.92. The maximum atomic E-state index is 13.8. The average Bonchev–Trinajstić information content (AvgIpc) is 0.774. The molecule has 0 aliphatic heterocycles. The first kappa shape index (κ1) is 93.2. The molecule has 676 valence electrons. The molecule has 0 aliphatic rings. The maximum Gasteiger partial charge on any atom is 0.419 e. The van der Waals surface area contributed by atoms with E-state index in [4.69, 9.17) is 37.9 Å². The van der Waals surface area contributed by atoms with Crippen LogP contribution in [-0.4, -0.2) is 132 Å². The molecule has 5 heterocycles. The lowest BCUT2D eigenvalue weighted by Gasteiger charge is -2.14. The van der Waals surface area contributed by atoms with Gasteiger partial charge in [0.1, 0.15) is 46.0 Å². The molecule has 0 atom stereocenters. The van der Waals surface area contributed by atoms with Gasteiger partial charge in [-0.3, -0.25) is 4.98 Å². The number of para-hydroxylation sites is 2. The second-order valence-electron chi connectivity index (χ2n) is 30.4. The number of carbonyl (C=O) groups excluding carboxylic acids is 2. The van der Waals surface area contributed by atoms with Gasteiger partial charge in [-0.25, -0.2) is 69.4 Å². The zero-order valence-electron chi connectivity index (χ0n) is 71.9. The molecule has 5 aromatic heterocycles. The maximum absolute atomic E-state index is 13.8. The van der Waals surface area contributed by atoms with E-state index in [0.717, 1.165) is 51.9 Å². The number of hydrogen-bond acceptors (Lipinski definition) is 26. The standard InChI is InChI=1S/C28H21N3O4.C27H20N4O4.C24H15F3N4O2.C23H14Cl2F3N3O2/c1-16-7-13-21(23(32)15-16)26-29-25(18-8-10-19(11-9-18)28(34)35-2)30-27(31-26)22-14-12-17-5-3-4-6-20(17)24(22)33;1-15-5-10-19(22(32)14-15)25-29-24(16-6-8-17(9-7-16)27(34)35-2)30-26(31-25)20-11-12-21-18(23(20)33)4-3-13-28-21;1-13-6-8-17(20(33)10-13)23-30-21(29-22(31-23)16-4-2-3-5-19(16)32)15-9-7-14(12-28)11-18(15)24(25,26)27;1-11-6-7-14(18(33)8-11)22-30-20(29-21(31-22)13-4-2-3-5-17(13)32)12-9-15(24)19(16(25)10-12)23(26,27)28/h3-15,32-33H,1-2H3;3-14,32-33H,1-2H3;2-11,32-33H,1H3;2-10,32-33H,1H3. The van der Waals surface area contributed by atoms with Crippen molar-refractivity contribution in [3.8, 4) is 189 Å². The minimum absolute atomic E-state index is 0.00660.